The molecule has 0 aliphatic rings. The van der Waals surface area contributed by atoms with Gasteiger partial charge in [0.2, 0.25) is 0 Å². The Morgan fingerprint density at radius 1 is 0.667 bits per heavy atom. The summed E-state index contributed by atoms with van der Waals surface area (Å²) in [4.78, 5) is 0. The number of hydrogen-bond donors (Lipinski definition) is 2. The quantitative estimate of drug-likeness (QED) is 0.267. The van der Waals surface area contributed by atoms with Crippen molar-refractivity contribution in [3.05, 3.63) is 115 Å². The predicted octanol–water partition coefficient (Wildman–Crippen LogP) is 4.74. The maximum absolute atomic E-state index is 10.0. The van der Waals surface area contributed by atoms with Crippen LogP contribution in [0.4, 0.5) is 0 Å². The first-order chi connectivity index (χ1) is 16.2. The van der Waals surface area contributed by atoms with E-state index in [9.17, 15) is 5.11 Å². The molecule has 4 rings (SSSR count). The molecule has 0 bridgehead atoms. The van der Waals surface area contributed by atoms with E-state index in [1.165, 1.54) is 15.9 Å². The van der Waals surface area contributed by atoms with Gasteiger partial charge < -0.3 is 0 Å². The molecule has 0 heterocycles. The van der Waals surface area contributed by atoms with E-state index < -0.39 is 7.26 Å². The van der Waals surface area contributed by atoms with Crippen LogP contribution < -0.4 is 26.4 Å². The zero-order valence-corrected chi connectivity index (χ0v) is 19.9. The molecule has 0 fully saturated rings. The third-order valence-corrected chi connectivity index (χ3v) is 11.4. The summed E-state index contributed by atoms with van der Waals surface area (Å²) in [6, 6.07) is 38.3. The number of nitrogens with two attached hydrogens (primary N) is 1. The zero-order valence-electron chi connectivity index (χ0n) is 18.9. The summed E-state index contributed by atoms with van der Waals surface area (Å²) in [6.45, 7) is 0.932. The van der Waals surface area contributed by atoms with Gasteiger partial charge in [0.15, 0.2) is 0 Å². The summed E-state index contributed by atoms with van der Waals surface area (Å²) >= 11 is 0. The normalized spacial score (nSPS) is 11.8. The Labute approximate surface area is 197 Å². The Kier molecular flexibility index (Phi) is 7.78. The summed E-state index contributed by atoms with van der Waals surface area (Å²) < 4.78 is 5.93. The van der Waals surface area contributed by atoms with E-state index >= 15 is 0 Å². The Morgan fingerprint density at radius 3 is 1.64 bits per heavy atom. The van der Waals surface area contributed by atoms with Crippen LogP contribution in [-0.4, -0.2) is 17.9 Å². The molecule has 0 aliphatic carbocycles. The van der Waals surface area contributed by atoms with Gasteiger partial charge in [-0.2, -0.15) is 0 Å². The van der Waals surface area contributed by atoms with Crippen molar-refractivity contribution in [2.45, 2.75) is 19.4 Å². The van der Waals surface area contributed by atoms with Crippen LogP contribution in [0, 0.1) is 0 Å². The molecule has 3 nitrogen and oxygen atoms in total. The molecular formula is C29H32NO2P. The Bertz CT molecular complexity index is 1040. The van der Waals surface area contributed by atoms with Crippen LogP contribution in [0.2, 0.25) is 0 Å². The second-order valence-corrected chi connectivity index (χ2v) is 12.3. The molecular weight excluding hydrogens is 425 g/mol. The summed E-state index contributed by atoms with van der Waals surface area (Å²) in [5, 5.41) is 14.3. The Balaban J connectivity index is 1.55. The fourth-order valence-corrected chi connectivity index (χ4v) is 9.52. The number of unbranched alkanes of at least 4 members (excludes halogenated alkanes) is 1. The molecule has 0 amide bonds. The van der Waals surface area contributed by atoms with Gasteiger partial charge in [-0.25, -0.2) is 0 Å². The Hall–Kier alpha value is -3.13. The second-order valence-electron chi connectivity index (χ2n) is 8.30. The van der Waals surface area contributed by atoms with E-state index in [2.05, 4.69) is 91.0 Å². The van der Waals surface area contributed by atoms with Crippen molar-refractivity contribution in [3.8, 4) is 11.5 Å². The van der Waals surface area contributed by atoms with E-state index in [0.717, 1.165) is 24.6 Å². The molecule has 0 aliphatic heterocycles. The van der Waals surface area contributed by atoms with Crippen LogP contribution >= 0.6 is 7.26 Å². The maximum atomic E-state index is 10.0. The van der Waals surface area contributed by atoms with Crippen molar-refractivity contribution in [1.82, 2.24) is 0 Å². The summed E-state index contributed by atoms with van der Waals surface area (Å²) in [5.74, 6) is 0.876. The minimum atomic E-state index is -2.18. The third kappa shape index (κ3) is 5.27. The summed E-state index contributed by atoms with van der Waals surface area (Å²) in [7, 11) is -2.18. The van der Waals surface area contributed by atoms with Crippen LogP contribution in [0.3, 0.4) is 0 Å². The Morgan fingerprint density at radius 2 is 1.18 bits per heavy atom. The SMILES string of the molecule is NCc1ccc(OCCCC[PH](c2ccccc2)(c2ccccc2)c2ccccc2)cc1O. The molecule has 3 N–H and O–H groups in total. The monoisotopic (exact) mass is 457 g/mol. The molecule has 0 saturated carbocycles. The number of hydrogen-bond acceptors (Lipinski definition) is 3. The van der Waals surface area contributed by atoms with Crippen molar-refractivity contribution < 1.29 is 9.84 Å². The van der Waals surface area contributed by atoms with Crippen molar-refractivity contribution in [2.75, 3.05) is 12.8 Å². The van der Waals surface area contributed by atoms with E-state index in [4.69, 9.17) is 10.5 Å². The van der Waals surface area contributed by atoms with Crippen LogP contribution in [0.15, 0.2) is 109 Å². The van der Waals surface area contributed by atoms with Gasteiger partial charge in [-0.05, 0) is 0 Å². The molecule has 0 aromatic heterocycles. The number of phenols is 1. The fraction of sp³-hybridized carbons (Fsp3) is 0.172. The second kappa shape index (κ2) is 11.1. The first-order valence-corrected chi connectivity index (χ1v) is 13.8. The molecule has 170 valence electrons. The van der Waals surface area contributed by atoms with E-state index in [1.54, 1.807) is 6.07 Å². The van der Waals surface area contributed by atoms with Crippen LogP contribution in [0.1, 0.15) is 18.4 Å². The van der Waals surface area contributed by atoms with Gasteiger partial charge in [-0.1, -0.05) is 0 Å². The van der Waals surface area contributed by atoms with Crippen molar-refractivity contribution >= 4 is 23.2 Å². The minimum absolute atomic E-state index is 0.193. The average molecular weight is 458 g/mol. The number of phenolic OH excluding ortho intramolecular Hbond substituents is 1. The fourth-order valence-electron chi connectivity index (χ4n) is 4.59. The summed E-state index contributed by atoms with van der Waals surface area (Å²) in [5.41, 5.74) is 6.36. The van der Waals surface area contributed by atoms with Gasteiger partial charge in [0.25, 0.3) is 0 Å². The van der Waals surface area contributed by atoms with E-state index in [-0.39, 0.29) is 5.75 Å². The van der Waals surface area contributed by atoms with E-state index in [1.807, 2.05) is 12.1 Å². The third-order valence-electron chi connectivity index (χ3n) is 6.29. The van der Waals surface area contributed by atoms with Crippen molar-refractivity contribution in [1.29, 1.82) is 0 Å². The topological polar surface area (TPSA) is 55.5 Å². The van der Waals surface area contributed by atoms with Gasteiger partial charge in [0.05, 0.1) is 0 Å². The van der Waals surface area contributed by atoms with Crippen molar-refractivity contribution in [3.63, 3.8) is 0 Å². The van der Waals surface area contributed by atoms with Gasteiger partial charge in [0, 0.05) is 0 Å². The zero-order chi connectivity index (χ0) is 22.9. The molecule has 33 heavy (non-hydrogen) atoms. The van der Waals surface area contributed by atoms with Gasteiger partial charge in [-0.3, -0.25) is 0 Å². The molecule has 4 aromatic carbocycles. The molecule has 0 unspecified atom stereocenters. The standard InChI is InChI=1S/C29H32NO2P/c30-23-24-18-19-25(22-29(24)31)32-20-10-11-21-33(26-12-4-1-5-13-26,27-14-6-2-7-15-27)28-16-8-3-9-17-28/h1-9,12-19,22,31,33H,10-11,20-21,23,30H2. The molecule has 0 saturated heterocycles. The number of rotatable bonds is 10. The van der Waals surface area contributed by atoms with Crippen molar-refractivity contribution in [2.24, 2.45) is 5.73 Å². The van der Waals surface area contributed by atoms with Crippen LogP contribution in [-0.2, 0) is 6.54 Å². The molecule has 0 spiro atoms. The average Bonchev–Trinajstić information content (AvgIpc) is 2.88. The number of aromatic hydroxyl groups is 1. The van der Waals surface area contributed by atoms with Gasteiger partial charge >= 0.3 is 197 Å². The van der Waals surface area contributed by atoms with Gasteiger partial charge in [-0.15, -0.1) is 0 Å². The number of ether oxygens (including phenoxy) is 1. The summed E-state index contributed by atoms with van der Waals surface area (Å²) in [6.07, 6.45) is 3.10. The van der Waals surface area contributed by atoms with Crippen LogP contribution in [0.5, 0.6) is 11.5 Å². The molecule has 4 heteroatoms. The molecule has 4 aromatic rings. The number of benzene rings is 4. The molecule has 0 radical (unpaired) electrons. The van der Waals surface area contributed by atoms with E-state index in [0.29, 0.717) is 18.9 Å². The molecule has 0 atom stereocenters. The van der Waals surface area contributed by atoms with Gasteiger partial charge in [0.1, 0.15) is 0 Å². The first kappa shape index (κ1) is 23.0. The van der Waals surface area contributed by atoms with Crippen LogP contribution in [0.25, 0.3) is 0 Å². The predicted molar refractivity (Wildman–Crippen MR) is 142 cm³/mol. The first-order valence-electron chi connectivity index (χ1n) is 11.6.